The molecule has 6 heteroatoms. The van der Waals surface area contributed by atoms with Crippen molar-refractivity contribution < 1.29 is 19.1 Å². The Hall–Kier alpha value is -2.08. The zero-order chi connectivity index (χ0) is 13.3. The molecule has 0 fully saturated rings. The summed E-state index contributed by atoms with van der Waals surface area (Å²) in [7, 11) is 0. The number of carbonyl (C=O) groups excluding carboxylic acids is 1. The molecule has 0 aliphatic heterocycles. The van der Waals surface area contributed by atoms with Gasteiger partial charge in [-0.05, 0) is 31.4 Å². The zero-order valence-corrected chi connectivity index (χ0v) is 10.6. The van der Waals surface area contributed by atoms with Gasteiger partial charge in [0.25, 0.3) is 5.91 Å². The van der Waals surface area contributed by atoms with Gasteiger partial charge >= 0.3 is 5.97 Å². The van der Waals surface area contributed by atoms with E-state index in [1.54, 1.807) is 31.4 Å². The normalized spacial score (nSPS) is 10.3. The highest BCUT2D eigenvalue weighted by atomic mass is 32.1. The van der Waals surface area contributed by atoms with E-state index in [1.807, 2.05) is 0 Å². The van der Waals surface area contributed by atoms with Gasteiger partial charge in [-0.25, -0.2) is 4.79 Å². The van der Waals surface area contributed by atoms with E-state index in [2.05, 4.69) is 5.32 Å². The van der Waals surface area contributed by atoms with E-state index >= 15 is 0 Å². The monoisotopic (exact) mass is 265 g/mol. The largest absolute Gasteiger partial charge is 0.477 e. The molecule has 0 unspecified atom stereocenters. The number of aromatic carboxylic acids is 1. The summed E-state index contributed by atoms with van der Waals surface area (Å²) in [6.07, 6.45) is 0. The highest BCUT2D eigenvalue weighted by molar-refractivity contribution is 7.12. The van der Waals surface area contributed by atoms with Gasteiger partial charge in [0.1, 0.15) is 16.4 Å². The van der Waals surface area contributed by atoms with Crippen molar-refractivity contribution >= 4 is 28.9 Å². The number of amides is 1. The van der Waals surface area contributed by atoms with Crippen LogP contribution in [0.2, 0.25) is 0 Å². The van der Waals surface area contributed by atoms with Gasteiger partial charge in [0.2, 0.25) is 0 Å². The fraction of sp³-hybridized carbons (Fsp3) is 0.167. The lowest BCUT2D eigenvalue weighted by molar-refractivity contribution is 0.0703. The Morgan fingerprint density at radius 2 is 2.11 bits per heavy atom. The zero-order valence-electron chi connectivity index (χ0n) is 9.81. The second-order valence-electron chi connectivity index (χ2n) is 3.75. The molecular formula is C12H11NO4S. The molecule has 0 saturated carbocycles. The number of hydrogen-bond acceptors (Lipinski definition) is 4. The lowest BCUT2D eigenvalue weighted by Gasteiger charge is -2.03. The van der Waals surface area contributed by atoms with Crippen LogP contribution >= 0.6 is 11.3 Å². The first-order valence-corrected chi connectivity index (χ1v) is 6.06. The van der Waals surface area contributed by atoms with Gasteiger partial charge < -0.3 is 14.8 Å². The van der Waals surface area contributed by atoms with Crippen LogP contribution in [-0.2, 0) is 0 Å². The van der Waals surface area contributed by atoms with Crippen molar-refractivity contribution in [1.29, 1.82) is 0 Å². The molecule has 94 valence electrons. The Morgan fingerprint density at radius 3 is 2.67 bits per heavy atom. The lowest BCUT2D eigenvalue weighted by atomic mass is 10.2. The Kier molecular flexibility index (Phi) is 3.20. The van der Waals surface area contributed by atoms with Crippen LogP contribution in [0.4, 0.5) is 5.69 Å². The molecular weight excluding hydrogens is 254 g/mol. The van der Waals surface area contributed by atoms with Crippen molar-refractivity contribution in [3.8, 4) is 0 Å². The molecule has 2 aromatic rings. The van der Waals surface area contributed by atoms with Gasteiger partial charge in [-0.2, -0.15) is 0 Å². The number of hydrogen-bond donors (Lipinski definition) is 2. The molecule has 2 heterocycles. The molecule has 0 saturated heterocycles. The Bertz CT molecular complexity index is 611. The van der Waals surface area contributed by atoms with Crippen LogP contribution in [0.1, 0.15) is 31.6 Å². The third-order valence-electron chi connectivity index (χ3n) is 2.39. The summed E-state index contributed by atoms with van der Waals surface area (Å²) in [5.41, 5.74) is 0.714. The van der Waals surface area contributed by atoms with E-state index < -0.39 is 5.97 Å². The van der Waals surface area contributed by atoms with Crippen LogP contribution in [0.3, 0.4) is 0 Å². The van der Waals surface area contributed by atoms with Crippen molar-refractivity contribution in [2.75, 3.05) is 5.32 Å². The average molecular weight is 265 g/mol. The molecule has 2 N–H and O–H groups in total. The number of thiophene rings is 1. The van der Waals surface area contributed by atoms with Crippen molar-refractivity contribution in [1.82, 2.24) is 0 Å². The highest BCUT2D eigenvalue weighted by Gasteiger charge is 2.17. The minimum atomic E-state index is -1.06. The van der Waals surface area contributed by atoms with Gasteiger partial charge in [0, 0.05) is 0 Å². The summed E-state index contributed by atoms with van der Waals surface area (Å²) in [5.74, 6) is -0.274. The number of carboxylic acids is 1. The fourth-order valence-corrected chi connectivity index (χ4v) is 2.31. The van der Waals surface area contributed by atoms with E-state index in [9.17, 15) is 9.59 Å². The molecule has 18 heavy (non-hydrogen) atoms. The molecule has 1 amide bonds. The molecule has 0 bridgehead atoms. The number of carboxylic acid groups (broad SMARTS) is 1. The van der Waals surface area contributed by atoms with Crippen molar-refractivity contribution in [2.45, 2.75) is 13.8 Å². The smallest absolute Gasteiger partial charge is 0.348 e. The van der Waals surface area contributed by atoms with Crippen LogP contribution in [0.5, 0.6) is 0 Å². The second kappa shape index (κ2) is 4.66. The highest BCUT2D eigenvalue weighted by Crippen LogP contribution is 2.23. The minimum absolute atomic E-state index is 0.112. The minimum Gasteiger partial charge on any atom is -0.477 e. The Labute approximate surface area is 107 Å². The third kappa shape index (κ3) is 2.28. The number of furan rings is 1. The molecule has 0 atom stereocenters. The number of rotatable bonds is 3. The first kappa shape index (κ1) is 12.4. The van der Waals surface area contributed by atoms with Gasteiger partial charge in [0.05, 0.1) is 11.3 Å². The van der Waals surface area contributed by atoms with Crippen molar-refractivity contribution in [2.24, 2.45) is 0 Å². The Balaban J connectivity index is 2.24. The SMILES string of the molecule is Cc1cc(C(=O)Nc2ccsc2C(=O)O)c(C)o1. The van der Waals surface area contributed by atoms with Gasteiger partial charge in [-0.3, -0.25) is 4.79 Å². The third-order valence-corrected chi connectivity index (χ3v) is 3.30. The van der Waals surface area contributed by atoms with Crippen LogP contribution in [0, 0.1) is 13.8 Å². The summed E-state index contributed by atoms with van der Waals surface area (Å²) in [5, 5.41) is 13.1. The number of aryl methyl sites for hydroxylation is 2. The fourth-order valence-electron chi connectivity index (χ4n) is 1.62. The summed E-state index contributed by atoms with van der Waals surface area (Å²) >= 11 is 1.07. The van der Waals surface area contributed by atoms with Crippen LogP contribution in [-0.4, -0.2) is 17.0 Å². The quantitative estimate of drug-likeness (QED) is 0.894. The molecule has 2 rings (SSSR count). The molecule has 2 aromatic heterocycles. The molecule has 0 aromatic carbocycles. The van der Waals surface area contributed by atoms with Crippen LogP contribution < -0.4 is 5.32 Å². The Morgan fingerprint density at radius 1 is 1.39 bits per heavy atom. The molecule has 0 aliphatic carbocycles. The molecule has 0 aliphatic rings. The first-order valence-electron chi connectivity index (χ1n) is 5.18. The predicted molar refractivity (Wildman–Crippen MR) is 67.4 cm³/mol. The van der Waals surface area contributed by atoms with E-state index in [-0.39, 0.29) is 10.8 Å². The molecule has 5 nitrogen and oxygen atoms in total. The van der Waals surface area contributed by atoms with Crippen molar-refractivity contribution in [3.05, 3.63) is 39.5 Å². The summed E-state index contributed by atoms with van der Waals surface area (Å²) < 4.78 is 5.26. The maximum Gasteiger partial charge on any atom is 0.348 e. The number of carbonyl (C=O) groups is 2. The topological polar surface area (TPSA) is 79.5 Å². The van der Waals surface area contributed by atoms with Gasteiger partial charge in [-0.1, -0.05) is 0 Å². The number of anilines is 1. The summed E-state index contributed by atoms with van der Waals surface area (Å²) in [6.45, 7) is 3.44. The molecule has 0 radical (unpaired) electrons. The van der Waals surface area contributed by atoms with E-state index in [4.69, 9.17) is 9.52 Å². The number of nitrogens with one attached hydrogen (secondary N) is 1. The standard InChI is InChI=1S/C12H11NO4S/c1-6-5-8(7(2)17-6)11(14)13-9-3-4-18-10(9)12(15)16/h3-5H,1-2H3,(H,13,14)(H,15,16). The molecule has 0 spiro atoms. The summed E-state index contributed by atoms with van der Waals surface area (Å²) in [6, 6.07) is 3.19. The van der Waals surface area contributed by atoms with Crippen LogP contribution in [0.25, 0.3) is 0 Å². The maximum atomic E-state index is 12.0. The van der Waals surface area contributed by atoms with Gasteiger partial charge in [0.15, 0.2) is 0 Å². The van der Waals surface area contributed by atoms with E-state index in [1.165, 1.54) is 0 Å². The summed E-state index contributed by atoms with van der Waals surface area (Å²) in [4.78, 5) is 23.0. The average Bonchev–Trinajstić information content (AvgIpc) is 2.85. The van der Waals surface area contributed by atoms with E-state index in [0.717, 1.165) is 11.3 Å². The first-order chi connectivity index (χ1) is 8.49. The lowest BCUT2D eigenvalue weighted by Crippen LogP contribution is -2.13. The second-order valence-corrected chi connectivity index (χ2v) is 4.67. The van der Waals surface area contributed by atoms with Crippen LogP contribution in [0.15, 0.2) is 21.9 Å². The van der Waals surface area contributed by atoms with Crippen molar-refractivity contribution in [3.63, 3.8) is 0 Å². The predicted octanol–water partition coefficient (Wildman–Crippen LogP) is 2.91. The van der Waals surface area contributed by atoms with Gasteiger partial charge in [-0.15, -0.1) is 11.3 Å². The maximum absolute atomic E-state index is 12.0. The van der Waals surface area contributed by atoms with E-state index in [0.29, 0.717) is 22.8 Å².